The molecule has 134 valence electrons. The van der Waals surface area contributed by atoms with Gasteiger partial charge >= 0.3 is 7.60 Å². The molecule has 0 radical (unpaired) electrons. The van der Waals surface area contributed by atoms with Gasteiger partial charge in [-0.2, -0.15) is 9.61 Å². The molecule has 0 aromatic carbocycles. The van der Waals surface area contributed by atoms with Gasteiger partial charge in [-0.25, -0.2) is 14.4 Å². The number of anilines is 1. The van der Waals surface area contributed by atoms with Gasteiger partial charge in [0, 0.05) is 12.0 Å². The number of fused-ring (bicyclic) bond motifs is 1. The summed E-state index contributed by atoms with van der Waals surface area (Å²) in [7, 11) is -3.39. The summed E-state index contributed by atoms with van der Waals surface area (Å²) in [5.74, 6) is 0.182. The van der Waals surface area contributed by atoms with Gasteiger partial charge in [0.2, 0.25) is 5.95 Å². The van der Waals surface area contributed by atoms with Gasteiger partial charge in [-0.15, -0.1) is 0 Å². The summed E-state index contributed by atoms with van der Waals surface area (Å²) in [5, 5.41) is 4.06. The van der Waals surface area contributed by atoms with Gasteiger partial charge < -0.3 is 19.5 Å². The third-order valence-corrected chi connectivity index (χ3v) is 4.91. The second-order valence-electron chi connectivity index (χ2n) is 4.86. The molecule has 24 heavy (non-hydrogen) atoms. The number of nitrogens with zero attached hydrogens (tertiary/aromatic N) is 4. The highest BCUT2D eigenvalue weighted by Gasteiger charge is 2.26. The van der Waals surface area contributed by atoms with E-state index in [1.807, 2.05) is 0 Å². The largest absolute Gasteiger partial charge is 0.368 e. The van der Waals surface area contributed by atoms with Crippen LogP contribution in [0.25, 0.3) is 5.65 Å². The molecule has 2 heterocycles. The fourth-order valence-corrected chi connectivity index (χ4v) is 3.53. The molecule has 0 aliphatic heterocycles. The molecule has 0 saturated heterocycles. The lowest BCUT2D eigenvalue weighted by molar-refractivity contribution is 0.0494. The molecule has 0 spiro atoms. The molecule has 2 rings (SSSR count). The summed E-state index contributed by atoms with van der Waals surface area (Å²) in [4.78, 5) is 7.91. The molecule has 0 amide bonds. The van der Waals surface area contributed by atoms with Crippen LogP contribution in [0.15, 0.2) is 12.5 Å². The van der Waals surface area contributed by atoms with Crippen molar-refractivity contribution in [3.05, 3.63) is 18.1 Å². The highest BCUT2D eigenvalue weighted by molar-refractivity contribution is 7.53. The van der Waals surface area contributed by atoms with Crippen LogP contribution >= 0.6 is 7.60 Å². The van der Waals surface area contributed by atoms with Crippen molar-refractivity contribution in [3.63, 3.8) is 0 Å². The van der Waals surface area contributed by atoms with Gasteiger partial charge in [0.15, 0.2) is 5.65 Å². The Labute approximate surface area is 138 Å². The van der Waals surface area contributed by atoms with Crippen LogP contribution in [0.5, 0.6) is 0 Å². The number of ether oxygens (including phenoxy) is 1. The molecular formula is C13H21FN5O4P. The Morgan fingerprint density at radius 2 is 2.04 bits per heavy atom. The molecule has 1 atom stereocenters. The maximum atomic E-state index is 13.3. The van der Waals surface area contributed by atoms with Crippen LogP contribution in [-0.4, -0.2) is 51.9 Å². The minimum Gasteiger partial charge on any atom is -0.368 e. The van der Waals surface area contributed by atoms with Crippen molar-refractivity contribution in [2.45, 2.75) is 26.4 Å². The highest BCUT2D eigenvalue weighted by atomic mass is 31.2. The van der Waals surface area contributed by atoms with Crippen LogP contribution in [-0.2, 0) is 24.8 Å². The van der Waals surface area contributed by atoms with Gasteiger partial charge in [-0.3, -0.25) is 4.57 Å². The standard InChI is InChI=1S/C13H21FN5O4P/c1-3-22-24(20,23-4-2)9-21-11(6-14)5-10-7-18-19-12(10)16-8-17-13(19)15/h7-8,11H,3-6,9H2,1-2H3,(H2,15,16,17)/t11-/m0/s1. The van der Waals surface area contributed by atoms with Crippen LogP contribution in [0, 0.1) is 0 Å². The number of nitrogens with two attached hydrogens (primary N) is 1. The van der Waals surface area contributed by atoms with Crippen molar-refractivity contribution >= 4 is 19.2 Å². The number of hydrogen-bond acceptors (Lipinski definition) is 8. The van der Waals surface area contributed by atoms with E-state index in [2.05, 4.69) is 15.1 Å². The van der Waals surface area contributed by atoms with Crippen molar-refractivity contribution in [3.8, 4) is 0 Å². The van der Waals surface area contributed by atoms with E-state index in [1.165, 1.54) is 17.0 Å². The average Bonchev–Trinajstić information content (AvgIpc) is 2.96. The van der Waals surface area contributed by atoms with Crippen molar-refractivity contribution in [1.82, 2.24) is 19.6 Å². The van der Waals surface area contributed by atoms with Gasteiger partial charge in [0.05, 0.1) is 25.5 Å². The van der Waals surface area contributed by atoms with Crippen molar-refractivity contribution in [2.24, 2.45) is 0 Å². The molecule has 0 fully saturated rings. The Kier molecular flexibility index (Phi) is 6.61. The summed E-state index contributed by atoms with van der Waals surface area (Å²) in [6.45, 7) is 3.05. The molecule has 0 bridgehead atoms. The zero-order valence-electron chi connectivity index (χ0n) is 13.6. The number of hydrogen-bond donors (Lipinski definition) is 1. The average molecular weight is 361 g/mol. The van der Waals surface area contributed by atoms with Crippen molar-refractivity contribution in [1.29, 1.82) is 0 Å². The molecule has 11 heteroatoms. The van der Waals surface area contributed by atoms with E-state index in [0.717, 1.165) is 0 Å². The first-order valence-corrected chi connectivity index (χ1v) is 9.24. The van der Waals surface area contributed by atoms with E-state index >= 15 is 0 Å². The lowest BCUT2D eigenvalue weighted by atomic mass is 10.1. The Morgan fingerprint density at radius 1 is 1.33 bits per heavy atom. The fraction of sp³-hybridized carbons (Fsp3) is 0.615. The molecule has 2 aromatic rings. The van der Waals surface area contributed by atoms with E-state index in [4.69, 9.17) is 19.5 Å². The zero-order valence-corrected chi connectivity index (χ0v) is 14.5. The first-order valence-electron chi connectivity index (χ1n) is 7.51. The number of halogens is 1. The molecule has 9 nitrogen and oxygen atoms in total. The summed E-state index contributed by atoms with van der Waals surface area (Å²) in [6.07, 6.45) is 1.87. The molecule has 0 aliphatic rings. The number of rotatable bonds is 10. The van der Waals surface area contributed by atoms with Gasteiger partial charge in [-0.05, 0) is 13.8 Å². The topological polar surface area (TPSA) is 114 Å². The monoisotopic (exact) mass is 361 g/mol. The predicted molar refractivity (Wildman–Crippen MR) is 85.5 cm³/mol. The van der Waals surface area contributed by atoms with Crippen LogP contribution in [0.3, 0.4) is 0 Å². The quantitative estimate of drug-likeness (QED) is 0.638. The minimum absolute atomic E-state index is 0.182. The van der Waals surface area contributed by atoms with E-state index in [9.17, 15) is 8.96 Å². The van der Waals surface area contributed by atoms with Crippen LogP contribution in [0.4, 0.5) is 10.3 Å². The van der Waals surface area contributed by atoms with E-state index in [1.54, 1.807) is 13.8 Å². The summed E-state index contributed by atoms with van der Waals surface area (Å²) in [5.41, 5.74) is 6.81. The van der Waals surface area contributed by atoms with Gasteiger partial charge in [0.1, 0.15) is 19.3 Å². The maximum absolute atomic E-state index is 13.3. The smallest absolute Gasteiger partial charge is 0.356 e. The van der Waals surface area contributed by atoms with E-state index in [-0.39, 0.29) is 31.9 Å². The van der Waals surface area contributed by atoms with Crippen molar-refractivity contribution in [2.75, 3.05) is 32.0 Å². The number of nitrogen functional groups attached to an aromatic ring is 1. The van der Waals surface area contributed by atoms with Crippen LogP contribution in [0.2, 0.25) is 0 Å². The molecule has 2 aromatic heterocycles. The second kappa shape index (κ2) is 8.48. The molecule has 0 saturated carbocycles. The predicted octanol–water partition coefficient (Wildman–Crippen LogP) is 1.83. The molecular weight excluding hydrogens is 340 g/mol. The Bertz CT molecular complexity index is 703. The van der Waals surface area contributed by atoms with Crippen molar-refractivity contribution < 1.29 is 22.7 Å². The Hall–Kier alpha value is -1.61. The Morgan fingerprint density at radius 3 is 2.67 bits per heavy atom. The molecule has 0 aliphatic carbocycles. The number of aromatic nitrogens is 4. The van der Waals surface area contributed by atoms with Crippen LogP contribution in [0.1, 0.15) is 19.4 Å². The normalized spacial score (nSPS) is 13.5. The molecule has 2 N–H and O–H groups in total. The fourth-order valence-electron chi connectivity index (χ4n) is 2.13. The highest BCUT2D eigenvalue weighted by Crippen LogP contribution is 2.48. The van der Waals surface area contributed by atoms with E-state index < -0.39 is 20.4 Å². The first kappa shape index (κ1) is 18.7. The second-order valence-corrected chi connectivity index (χ2v) is 6.86. The summed E-state index contributed by atoms with van der Waals surface area (Å²) in [6, 6.07) is 0. The summed E-state index contributed by atoms with van der Waals surface area (Å²) >= 11 is 0. The minimum atomic E-state index is -3.39. The van der Waals surface area contributed by atoms with Crippen LogP contribution < -0.4 is 5.73 Å². The van der Waals surface area contributed by atoms with Gasteiger partial charge in [-0.1, -0.05) is 0 Å². The van der Waals surface area contributed by atoms with E-state index in [0.29, 0.717) is 11.2 Å². The third-order valence-electron chi connectivity index (χ3n) is 3.14. The molecule has 0 unspecified atom stereocenters. The number of alkyl halides is 1. The summed E-state index contributed by atoms with van der Waals surface area (Å²) < 4.78 is 42.7. The Balaban J connectivity index is 2.06. The lowest BCUT2D eigenvalue weighted by Crippen LogP contribution is -2.20. The maximum Gasteiger partial charge on any atom is 0.356 e. The zero-order chi connectivity index (χ0) is 17.6. The SMILES string of the molecule is CCOP(=O)(CO[C@H](CF)Cc1cnn2c(N)ncnc12)OCC. The lowest BCUT2D eigenvalue weighted by Gasteiger charge is -2.20. The third kappa shape index (κ3) is 4.47. The van der Waals surface area contributed by atoms with Gasteiger partial charge in [0.25, 0.3) is 0 Å². The first-order chi connectivity index (χ1) is 11.5.